The summed E-state index contributed by atoms with van der Waals surface area (Å²) in [5.41, 5.74) is 0.477. The van der Waals surface area contributed by atoms with Gasteiger partial charge in [-0.3, -0.25) is 0 Å². The van der Waals surface area contributed by atoms with E-state index in [1.807, 2.05) is 13.1 Å². The third-order valence-corrected chi connectivity index (χ3v) is 2.93. The Balaban J connectivity index is 2.32. The fourth-order valence-corrected chi connectivity index (χ4v) is 2.10. The van der Waals surface area contributed by atoms with Crippen molar-refractivity contribution >= 4 is 23.4 Å². The molecule has 2 rings (SSSR count). The van der Waals surface area contributed by atoms with Crippen LogP contribution in [0.15, 0.2) is 28.6 Å². The molecule has 0 atom stereocenters. The van der Waals surface area contributed by atoms with Crippen molar-refractivity contribution in [2.24, 2.45) is 7.05 Å². The van der Waals surface area contributed by atoms with Crippen molar-refractivity contribution in [1.82, 2.24) is 19.7 Å². The number of nitrogens with zero attached hydrogens (tertiary/aromatic N) is 5. The van der Waals surface area contributed by atoms with Gasteiger partial charge in [0.15, 0.2) is 5.16 Å². The van der Waals surface area contributed by atoms with Crippen LogP contribution in [0.5, 0.6) is 0 Å². The fourth-order valence-electron chi connectivity index (χ4n) is 1.05. The van der Waals surface area contributed by atoms with Crippen LogP contribution in [0.1, 0.15) is 5.56 Å². The lowest BCUT2D eigenvalue weighted by Gasteiger charge is -2.00. The van der Waals surface area contributed by atoms with Gasteiger partial charge in [-0.15, -0.1) is 10.2 Å². The van der Waals surface area contributed by atoms with E-state index in [4.69, 9.17) is 16.9 Å². The topological polar surface area (TPSA) is 67.4 Å². The lowest BCUT2D eigenvalue weighted by atomic mass is 10.3. The highest BCUT2D eigenvalue weighted by Gasteiger charge is 2.07. The van der Waals surface area contributed by atoms with Crippen molar-refractivity contribution in [3.63, 3.8) is 0 Å². The first-order chi connectivity index (χ1) is 7.69. The van der Waals surface area contributed by atoms with E-state index in [0.29, 0.717) is 20.9 Å². The van der Waals surface area contributed by atoms with Crippen LogP contribution in [0, 0.1) is 11.3 Å². The summed E-state index contributed by atoms with van der Waals surface area (Å²) in [6, 6.07) is 5.20. The Kier molecular flexibility index (Phi) is 3.08. The van der Waals surface area contributed by atoms with Crippen molar-refractivity contribution in [2.45, 2.75) is 10.2 Å². The molecular formula is C9H6ClN5S. The van der Waals surface area contributed by atoms with E-state index in [-0.39, 0.29) is 0 Å². The molecule has 0 aromatic carbocycles. The smallest absolute Gasteiger partial charge is 0.197 e. The fraction of sp³-hybridized carbons (Fsp3) is 0.111. The van der Waals surface area contributed by atoms with Crippen LogP contribution in [0.2, 0.25) is 5.15 Å². The van der Waals surface area contributed by atoms with E-state index in [1.54, 1.807) is 17.0 Å². The molecule has 7 heteroatoms. The average Bonchev–Trinajstić information content (AvgIpc) is 2.63. The van der Waals surface area contributed by atoms with Crippen LogP contribution >= 0.6 is 23.4 Å². The standard InChI is InChI=1S/C9H6ClN5S/c1-15-5-12-14-9(15)16-8-3-6(4-11)2-7(10)13-8/h2-3,5H,1H3. The summed E-state index contributed by atoms with van der Waals surface area (Å²) >= 11 is 7.10. The molecule has 2 aromatic heterocycles. The minimum Gasteiger partial charge on any atom is -0.311 e. The molecule has 80 valence electrons. The number of hydrogen-bond donors (Lipinski definition) is 0. The molecule has 0 radical (unpaired) electrons. The molecule has 2 heterocycles. The number of aryl methyl sites for hydroxylation is 1. The number of hydrogen-bond acceptors (Lipinski definition) is 5. The van der Waals surface area contributed by atoms with Crippen LogP contribution in [-0.2, 0) is 7.05 Å². The summed E-state index contributed by atoms with van der Waals surface area (Å²) in [5, 5.41) is 18.1. The van der Waals surface area contributed by atoms with E-state index in [0.717, 1.165) is 0 Å². The van der Waals surface area contributed by atoms with E-state index in [2.05, 4.69) is 15.2 Å². The van der Waals surface area contributed by atoms with Gasteiger partial charge < -0.3 is 4.57 Å². The molecule has 0 bridgehead atoms. The van der Waals surface area contributed by atoms with E-state index >= 15 is 0 Å². The molecule has 16 heavy (non-hydrogen) atoms. The van der Waals surface area contributed by atoms with Crippen LogP contribution in [0.3, 0.4) is 0 Å². The highest BCUT2D eigenvalue weighted by Crippen LogP contribution is 2.25. The minimum absolute atomic E-state index is 0.295. The summed E-state index contributed by atoms with van der Waals surface area (Å²) in [6.45, 7) is 0. The number of nitriles is 1. The normalized spacial score (nSPS) is 10.1. The maximum Gasteiger partial charge on any atom is 0.197 e. The molecule has 0 aliphatic rings. The van der Waals surface area contributed by atoms with Crippen LogP contribution < -0.4 is 0 Å². The molecule has 2 aromatic rings. The Morgan fingerprint density at radius 2 is 2.31 bits per heavy atom. The predicted octanol–water partition coefficient (Wildman–Crippen LogP) is 1.89. The molecule has 0 saturated heterocycles. The third kappa shape index (κ3) is 2.32. The lowest BCUT2D eigenvalue weighted by molar-refractivity contribution is 0.787. The Morgan fingerprint density at radius 3 is 2.94 bits per heavy atom. The SMILES string of the molecule is Cn1cnnc1Sc1cc(C#N)cc(Cl)n1. The molecule has 0 aliphatic carbocycles. The second-order valence-corrected chi connectivity index (χ2v) is 4.33. The number of pyridine rings is 1. The van der Waals surface area contributed by atoms with Gasteiger partial charge in [-0.2, -0.15) is 5.26 Å². The molecule has 0 amide bonds. The van der Waals surface area contributed by atoms with Crippen molar-refractivity contribution in [3.8, 4) is 6.07 Å². The number of rotatable bonds is 2. The van der Waals surface area contributed by atoms with Gasteiger partial charge in [0.25, 0.3) is 0 Å². The van der Waals surface area contributed by atoms with Gasteiger partial charge in [0.2, 0.25) is 0 Å². The van der Waals surface area contributed by atoms with Gasteiger partial charge in [0.1, 0.15) is 16.5 Å². The Bertz CT molecular complexity index is 559. The maximum absolute atomic E-state index is 8.79. The van der Waals surface area contributed by atoms with Crippen LogP contribution in [-0.4, -0.2) is 19.7 Å². The van der Waals surface area contributed by atoms with Gasteiger partial charge in [0.05, 0.1) is 11.6 Å². The Hall–Kier alpha value is -1.58. The molecule has 0 saturated carbocycles. The summed E-state index contributed by atoms with van der Waals surface area (Å²) < 4.78 is 1.76. The van der Waals surface area contributed by atoms with Gasteiger partial charge in [0, 0.05) is 7.05 Å². The second-order valence-electron chi connectivity index (χ2n) is 2.96. The number of halogens is 1. The highest BCUT2D eigenvalue weighted by atomic mass is 35.5. The molecule has 0 fully saturated rings. The molecule has 0 N–H and O–H groups in total. The van der Waals surface area contributed by atoms with Crippen molar-refractivity contribution in [3.05, 3.63) is 29.2 Å². The zero-order valence-electron chi connectivity index (χ0n) is 8.25. The van der Waals surface area contributed by atoms with Crippen molar-refractivity contribution in [1.29, 1.82) is 5.26 Å². The van der Waals surface area contributed by atoms with Crippen molar-refractivity contribution < 1.29 is 0 Å². The highest BCUT2D eigenvalue weighted by molar-refractivity contribution is 7.99. The molecule has 5 nitrogen and oxygen atoms in total. The van der Waals surface area contributed by atoms with Gasteiger partial charge in [-0.05, 0) is 23.9 Å². The van der Waals surface area contributed by atoms with Crippen molar-refractivity contribution in [2.75, 3.05) is 0 Å². The molecule has 0 aliphatic heterocycles. The van der Waals surface area contributed by atoms with Gasteiger partial charge >= 0.3 is 0 Å². The first kappa shape index (κ1) is 10.9. The molecule has 0 unspecified atom stereocenters. The Labute approximate surface area is 101 Å². The Morgan fingerprint density at radius 1 is 1.50 bits per heavy atom. The van der Waals surface area contributed by atoms with E-state index < -0.39 is 0 Å². The second kappa shape index (κ2) is 4.51. The quantitative estimate of drug-likeness (QED) is 0.763. The summed E-state index contributed by atoms with van der Waals surface area (Å²) in [5.74, 6) is 0. The maximum atomic E-state index is 8.79. The number of aromatic nitrogens is 4. The summed E-state index contributed by atoms with van der Waals surface area (Å²) in [4.78, 5) is 4.09. The van der Waals surface area contributed by atoms with E-state index in [9.17, 15) is 0 Å². The monoisotopic (exact) mass is 251 g/mol. The minimum atomic E-state index is 0.295. The predicted molar refractivity (Wildman–Crippen MR) is 59.1 cm³/mol. The first-order valence-electron chi connectivity index (χ1n) is 4.28. The summed E-state index contributed by atoms with van der Waals surface area (Å²) in [6.07, 6.45) is 1.60. The van der Waals surface area contributed by atoms with Crippen LogP contribution in [0.25, 0.3) is 0 Å². The lowest BCUT2D eigenvalue weighted by Crippen LogP contribution is -1.90. The summed E-state index contributed by atoms with van der Waals surface area (Å²) in [7, 11) is 1.83. The van der Waals surface area contributed by atoms with Crippen LogP contribution in [0.4, 0.5) is 0 Å². The first-order valence-corrected chi connectivity index (χ1v) is 5.48. The van der Waals surface area contributed by atoms with Gasteiger partial charge in [-0.1, -0.05) is 11.6 Å². The van der Waals surface area contributed by atoms with E-state index in [1.165, 1.54) is 17.8 Å². The average molecular weight is 252 g/mol. The van der Waals surface area contributed by atoms with Gasteiger partial charge in [-0.25, -0.2) is 4.98 Å². The zero-order chi connectivity index (χ0) is 11.5. The third-order valence-electron chi connectivity index (χ3n) is 1.77. The molecular weight excluding hydrogens is 246 g/mol. The zero-order valence-corrected chi connectivity index (χ0v) is 9.83. The largest absolute Gasteiger partial charge is 0.311 e. The molecule has 0 spiro atoms.